The second-order valence-electron chi connectivity index (χ2n) is 8.23. The summed E-state index contributed by atoms with van der Waals surface area (Å²) in [5.41, 5.74) is -0.0274. The molecule has 32 heavy (non-hydrogen) atoms. The summed E-state index contributed by atoms with van der Waals surface area (Å²) in [7, 11) is 0. The molecule has 170 valence electrons. The highest BCUT2D eigenvalue weighted by molar-refractivity contribution is 5.99. The van der Waals surface area contributed by atoms with Crippen molar-refractivity contribution >= 4 is 34.3 Å². The number of aliphatic hydroxyl groups is 1. The van der Waals surface area contributed by atoms with Crippen LogP contribution in [0.1, 0.15) is 38.1 Å². The van der Waals surface area contributed by atoms with Crippen molar-refractivity contribution in [2.45, 2.75) is 45.5 Å². The van der Waals surface area contributed by atoms with E-state index in [-0.39, 0.29) is 29.8 Å². The van der Waals surface area contributed by atoms with E-state index in [2.05, 4.69) is 30.9 Å². The number of carbonyl (C=O) groups is 1. The van der Waals surface area contributed by atoms with Gasteiger partial charge in [0.15, 0.2) is 11.6 Å². The van der Waals surface area contributed by atoms with Crippen LogP contribution in [0, 0.1) is 5.82 Å². The molecular weight excluding hydrogens is 418 g/mol. The zero-order chi connectivity index (χ0) is 23.5. The number of nitrogens with one attached hydrogen (secondary N) is 3. The summed E-state index contributed by atoms with van der Waals surface area (Å²) in [5.74, 6) is -0.922. The fraction of sp³-hybridized carbons (Fsp3) is 0.364. The van der Waals surface area contributed by atoms with Crippen molar-refractivity contribution in [2.75, 3.05) is 17.2 Å². The van der Waals surface area contributed by atoms with Crippen LogP contribution >= 0.6 is 0 Å². The van der Waals surface area contributed by atoms with E-state index in [0.29, 0.717) is 16.7 Å². The minimum atomic E-state index is -1.64. The number of hydrogen-bond acceptors (Lipinski definition) is 7. The summed E-state index contributed by atoms with van der Waals surface area (Å²) in [5, 5.41) is 18.1. The topological polar surface area (TPSA) is 112 Å². The molecule has 4 N–H and O–H groups in total. The van der Waals surface area contributed by atoms with Crippen LogP contribution in [-0.2, 0) is 0 Å². The van der Waals surface area contributed by atoms with Gasteiger partial charge < -0.3 is 21.1 Å². The fourth-order valence-corrected chi connectivity index (χ4v) is 2.85. The number of rotatable bonds is 8. The average Bonchev–Trinajstić information content (AvgIpc) is 2.71. The second-order valence-corrected chi connectivity index (χ2v) is 8.23. The molecule has 1 unspecified atom stereocenters. The van der Waals surface area contributed by atoms with Crippen LogP contribution in [0.5, 0.6) is 0 Å². The quantitative estimate of drug-likeness (QED) is 0.420. The summed E-state index contributed by atoms with van der Waals surface area (Å²) in [6, 6.07) is 6.21. The largest absolute Gasteiger partial charge is 0.387 e. The zero-order valence-corrected chi connectivity index (χ0v) is 18.3. The Hall–Kier alpha value is -3.40. The predicted octanol–water partition coefficient (Wildman–Crippen LogP) is 3.57. The molecule has 1 atom stereocenters. The Kier molecular flexibility index (Phi) is 6.83. The Morgan fingerprint density at radius 2 is 1.97 bits per heavy atom. The van der Waals surface area contributed by atoms with Gasteiger partial charge in [0.2, 0.25) is 0 Å². The standard InChI is InChI=1S/C22H26F2N6O2/c1-12(2)28-16-9-19(26-10-13(16)21(31)27-11-18(24)22(3,4)32)30-20-14(23)8-17-15(29-20)6-5-7-25-17/h5-10,12,18,32H,11H2,1-4H3,(H,27,31)(H2,26,28,29,30). The number of aromatic nitrogens is 3. The summed E-state index contributed by atoms with van der Waals surface area (Å²) >= 11 is 0. The molecule has 3 aromatic heterocycles. The van der Waals surface area contributed by atoms with Gasteiger partial charge in [0.05, 0.1) is 34.4 Å². The van der Waals surface area contributed by atoms with Crippen LogP contribution in [0.2, 0.25) is 0 Å². The van der Waals surface area contributed by atoms with Crippen molar-refractivity contribution in [3.05, 3.63) is 48.0 Å². The van der Waals surface area contributed by atoms with Crippen LogP contribution in [-0.4, -0.2) is 50.3 Å². The molecule has 0 fully saturated rings. The monoisotopic (exact) mass is 444 g/mol. The molecule has 0 aliphatic heterocycles. The first kappa shape index (κ1) is 23.3. The lowest BCUT2D eigenvalue weighted by Crippen LogP contribution is -2.42. The number of pyridine rings is 3. The lowest BCUT2D eigenvalue weighted by atomic mass is 10.0. The Balaban J connectivity index is 1.85. The average molecular weight is 444 g/mol. The molecule has 0 saturated heterocycles. The molecular formula is C22H26F2N6O2. The number of amides is 1. The number of hydrogen-bond donors (Lipinski definition) is 4. The van der Waals surface area contributed by atoms with Crippen LogP contribution in [0.15, 0.2) is 36.7 Å². The fourth-order valence-electron chi connectivity index (χ4n) is 2.85. The van der Waals surface area contributed by atoms with Gasteiger partial charge >= 0.3 is 0 Å². The Morgan fingerprint density at radius 3 is 2.66 bits per heavy atom. The molecule has 8 nitrogen and oxygen atoms in total. The summed E-state index contributed by atoms with van der Waals surface area (Å²) in [6.45, 7) is 6.07. The van der Waals surface area contributed by atoms with Crippen molar-refractivity contribution in [1.29, 1.82) is 0 Å². The number of anilines is 3. The number of carbonyl (C=O) groups excluding carboxylic acids is 1. The highest BCUT2D eigenvalue weighted by Gasteiger charge is 2.27. The van der Waals surface area contributed by atoms with Crippen LogP contribution in [0.3, 0.4) is 0 Å². The Labute approximate surface area is 184 Å². The van der Waals surface area contributed by atoms with E-state index in [1.807, 2.05) is 13.8 Å². The van der Waals surface area contributed by atoms with Gasteiger partial charge in [-0.3, -0.25) is 9.78 Å². The third kappa shape index (κ3) is 5.64. The SMILES string of the molecule is CC(C)Nc1cc(Nc2nc3cccnc3cc2F)ncc1C(=O)NCC(F)C(C)(C)O. The molecule has 1 amide bonds. The third-order valence-electron chi connectivity index (χ3n) is 4.59. The van der Waals surface area contributed by atoms with E-state index in [1.165, 1.54) is 26.1 Å². The third-order valence-corrected chi connectivity index (χ3v) is 4.59. The lowest BCUT2D eigenvalue weighted by molar-refractivity contribution is -0.00177. The van der Waals surface area contributed by atoms with Gasteiger partial charge in [0, 0.05) is 30.6 Å². The first-order valence-electron chi connectivity index (χ1n) is 10.1. The normalized spacial score (nSPS) is 12.6. The van der Waals surface area contributed by atoms with E-state index < -0.39 is 23.5 Å². The van der Waals surface area contributed by atoms with Gasteiger partial charge in [-0.25, -0.2) is 18.7 Å². The Morgan fingerprint density at radius 1 is 1.22 bits per heavy atom. The summed E-state index contributed by atoms with van der Waals surface area (Å²) in [6.07, 6.45) is 1.22. The first-order chi connectivity index (χ1) is 15.0. The predicted molar refractivity (Wildman–Crippen MR) is 119 cm³/mol. The van der Waals surface area contributed by atoms with Gasteiger partial charge in [0.1, 0.15) is 12.0 Å². The minimum absolute atomic E-state index is 0.0243. The van der Waals surface area contributed by atoms with E-state index in [1.54, 1.807) is 24.4 Å². The molecule has 3 aromatic rings. The molecule has 0 spiro atoms. The molecule has 3 rings (SSSR count). The zero-order valence-electron chi connectivity index (χ0n) is 18.3. The minimum Gasteiger partial charge on any atom is -0.387 e. The van der Waals surface area contributed by atoms with E-state index >= 15 is 0 Å². The molecule has 0 radical (unpaired) electrons. The van der Waals surface area contributed by atoms with Crippen molar-refractivity contribution in [2.24, 2.45) is 0 Å². The lowest BCUT2D eigenvalue weighted by Gasteiger charge is -2.23. The second kappa shape index (κ2) is 9.39. The van der Waals surface area contributed by atoms with Crippen LogP contribution in [0.25, 0.3) is 11.0 Å². The van der Waals surface area contributed by atoms with Crippen LogP contribution < -0.4 is 16.0 Å². The molecule has 3 heterocycles. The van der Waals surface area contributed by atoms with Gasteiger partial charge in [-0.2, -0.15) is 0 Å². The molecule has 0 aliphatic carbocycles. The maximum Gasteiger partial charge on any atom is 0.255 e. The van der Waals surface area contributed by atoms with Crippen LogP contribution in [0.4, 0.5) is 26.1 Å². The van der Waals surface area contributed by atoms with Gasteiger partial charge in [-0.05, 0) is 39.8 Å². The number of alkyl halides is 1. The van der Waals surface area contributed by atoms with Crippen molar-refractivity contribution in [3.63, 3.8) is 0 Å². The molecule has 0 aromatic carbocycles. The van der Waals surface area contributed by atoms with E-state index in [0.717, 1.165) is 0 Å². The summed E-state index contributed by atoms with van der Waals surface area (Å²) < 4.78 is 28.5. The first-order valence-corrected chi connectivity index (χ1v) is 10.1. The molecule has 0 bridgehead atoms. The van der Waals surface area contributed by atoms with Gasteiger partial charge in [0.25, 0.3) is 5.91 Å². The number of fused-ring (bicyclic) bond motifs is 1. The maximum absolute atomic E-state index is 14.5. The van der Waals surface area contributed by atoms with Gasteiger partial charge in [-0.15, -0.1) is 0 Å². The van der Waals surface area contributed by atoms with E-state index in [4.69, 9.17) is 0 Å². The van der Waals surface area contributed by atoms with Crippen molar-refractivity contribution in [3.8, 4) is 0 Å². The smallest absolute Gasteiger partial charge is 0.255 e. The highest BCUT2D eigenvalue weighted by Crippen LogP contribution is 2.24. The number of nitrogens with zero attached hydrogens (tertiary/aromatic N) is 3. The van der Waals surface area contributed by atoms with Gasteiger partial charge in [-0.1, -0.05) is 0 Å². The van der Waals surface area contributed by atoms with Crippen molar-refractivity contribution in [1.82, 2.24) is 20.3 Å². The maximum atomic E-state index is 14.5. The highest BCUT2D eigenvalue weighted by atomic mass is 19.1. The molecule has 10 heteroatoms. The van der Waals surface area contributed by atoms with E-state index in [9.17, 15) is 18.7 Å². The Bertz CT molecular complexity index is 1120. The summed E-state index contributed by atoms with van der Waals surface area (Å²) in [4.78, 5) is 25.1. The van der Waals surface area contributed by atoms with Crippen molar-refractivity contribution < 1.29 is 18.7 Å². The molecule has 0 saturated carbocycles. The number of halogens is 2. The molecule has 0 aliphatic rings.